The van der Waals surface area contributed by atoms with Crippen LogP contribution in [0, 0.1) is 6.92 Å². The Morgan fingerprint density at radius 2 is 1.75 bits per heavy atom. The number of aryl methyl sites for hydroxylation is 1. The smallest absolute Gasteiger partial charge is 0.251 e. The van der Waals surface area contributed by atoms with Crippen LogP contribution in [0.15, 0.2) is 63.1 Å². The molecule has 3 rings (SSSR count). The summed E-state index contributed by atoms with van der Waals surface area (Å²) in [5.41, 5.74) is 3.50. The molecule has 0 aliphatic heterocycles. The van der Waals surface area contributed by atoms with Gasteiger partial charge in [-0.25, -0.2) is 18.5 Å². The number of primary sulfonamides is 1. The number of sulfonamides is 1. The number of rotatable bonds is 7. The number of nitrogens with two attached hydrogens (primary N) is 1. The lowest BCUT2D eigenvalue weighted by Gasteiger charge is -2.07. The number of nitrogens with one attached hydrogen (secondary N) is 1. The third kappa shape index (κ3) is 5.65. The molecule has 9 heteroatoms. The highest BCUT2D eigenvalue weighted by atomic mass is 32.2. The van der Waals surface area contributed by atoms with Gasteiger partial charge in [0.1, 0.15) is 4.34 Å². The fourth-order valence-electron chi connectivity index (χ4n) is 2.38. The third-order valence-electron chi connectivity index (χ3n) is 3.88. The highest BCUT2D eigenvalue weighted by molar-refractivity contribution is 8.00. The topological polar surface area (TPSA) is 102 Å². The van der Waals surface area contributed by atoms with Crippen molar-refractivity contribution in [3.8, 4) is 0 Å². The van der Waals surface area contributed by atoms with E-state index >= 15 is 0 Å². The molecule has 0 radical (unpaired) electrons. The van der Waals surface area contributed by atoms with E-state index in [1.54, 1.807) is 47.4 Å². The molecule has 146 valence electrons. The fourth-order valence-corrected chi connectivity index (χ4v) is 4.70. The molecule has 3 N–H and O–H groups in total. The molecule has 0 bridgehead atoms. The van der Waals surface area contributed by atoms with Gasteiger partial charge >= 0.3 is 0 Å². The summed E-state index contributed by atoms with van der Waals surface area (Å²) in [5, 5.41) is 9.92. The number of amides is 1. The summed E-state index contributed by atoms with van der Waals surface area (Å²) in [4.78, 5) is 16.8. The Morgan fingerprint density at radius 3 is 2.32 bits per heavy atom. The van der Waals surface area contributed by atoms with E-state index < -0.39 is 10.0 Å². The van der Waals surface area contributed by atoms with Gasteiger partial charge in [0.05, 0.1) is 4.90 Å². The van der Waals surface area contributed by atoms with Crippen LogP contribution in [-0.4, -0.2) is 19.3 Å². The lowest BCUT2D eigenvalue weighted by atomic mass is 10.1. The first-order chi connectivity index (χ1) is 13.3. The van der Waals surface area contributed by atoms with Gasteiger partial charge in [0.15, 0.2) is 0 Å². The van der Waals surface area contributed by atoms with E-state index in [1.807, 2.05) is 24.4 Å². The number of aromatic nitrogens is 1. The zero-order valence-corrected chi connectivity index (χ0v) is 17.5. The number of carbonyl (C=O) groups excluding carboxylic acids is 1. The molecule has 1 aromatic heterocycles. The molecular formula is C19H19N3O3S3. The highest BCUT2D eigenvalue weighted by Crippen LogP contribution is 2.26. The Labute approximate surface area is 172 Å². The van der Waals surface area contributed by atoms with Crippen molar-refractivity contribution in [2.45, 2.75) is 28.5 Å². The number of thioether (sulfide) groups is 1. The first-order valence-electron chi connectivity index (χ1n) is 8.35. The van der Waals surface area contributed by atoms with Gasteiger partial charge in [-0.3, -0.25) is 4.79 Å². The number of nitrogens with zero attached hydrogens (tertiary/aromatic N) is 1. The minimum Gasteiger partial charge on any atom is -0.348 e. The second kappa shape index (κ2) is 8.87. The summed E-state index contributed by atoms with van der Waals surface area (Å²) in [6, 6.07) is 13.6. The molecule has 0 atom stereocenters. The van der Waals surface area contributed by atoms with Gasteiger partial charge in [0.25, 0.3) is 5.91 Å². The second-order valence-corrected chi connectivity index (χ2v) is 9.75. The Balaban J connectivity index is 1.53. The van der Waals surface area contributed by atoms with Crippen LogP contribution in [0.5, 0.6) is 0 Å². The van der Waals surface area contributed by atoms with E-state index in [9.17, 15) is 13.2 Å². The van der Waals surface area contributed by atoms with Crippen molar-refractivity contribution in [1.29, 1.82) is 0 Å². The van der Waals surface area contributed by atoms with Crippen molar-refractivity contribution in [2.75, 3.05) is 0 Å². The minimum atomic E-state index is -3.71. The Kier molecular flexibility index (Phi) is 6.50. The van der Waals surface area contributed by atoms with E-state index in [0.717, 1.165) is 26.9 Å². The molecule has 0 spiro atoms. The van der Waals surface area contributed by atoms with Gasteiger partial charge in [0.2, 0.25) is 10.0 Å². The number of thiazole rings is 1. The summed E-state index contributed by atoms with van der Waals surface area (Å²) in [7, 11) is -3.71. The van der Waals surface area contributed by atoms with E-state index in [-0.39, 0.29) is 10.8 Å². The SMILES string of the molecule is Cc1csc(SCc2ccc(C(=O)NCc3ccc(S(N)(=O)=O)cc3)cc2)n1. The van der Waals surface area contributed by atoms with Crippen molar-refractivity contribution >= 4 is 39.0 Å². The normalized spacial score (nSPS) is 11.4. The maximum Gasteiger partial charge on any atom is 0.251 e. The first-order valence-corrected chi connectivity index (χ1v) is 11.8. The van der Waals surface area contributed by atoms with Crippen LogP contribution in [0.4, 0.5) is 0 Å². The van der Waals surface area contributed by atoms with Crippen molar-refractivity contribution in [2.24, 2.45) is 5.14 Å². The maximum absolute atomic E-state index is 12.3. The Bertz CT molecular complexity index is 1060. The van der Waals surface area contributed by atoms with Gasteiger partial charge in [-0.1, -0.05) is 36.0 Å². The fraction of sp³-hybridized carbons (Fsp3) is 0.158. The zero-order chi connectivity index (χ0) is 20.1. The van der Waals surface area contributed by atoms with Crippen LogP contribution in [0.1, 0.15) is 27.2 Å². The molecule has 6 nitrogen and oxygen atoms in total. The Hall–Kier alpha value is -2.20. The number of benzene rings is 2. The predicted molar refractivity (Wildman–Crippen MR) is 112 cm³/mol. The third-order valence-corrected chi connectivity index (χ3v) is 7.02. The van der Waals surface area contributed by atoms with Crippen molar-refractivity contribution < 1.29 is 13.2 Å². The zero-order valence-electron chi connectivity index (χ0n) is 15.1. The molecule has 0 saturated carbocycles. The average molecular weight is 434 g/mol. The molecular weight excluding hydrogens is 414 g/mol. The number of hydrogen-bond acceptors (Lipinski definition) is 6. The van der Waals surface area contributed by atoms with Crippen LogP contribution < -0.4 is 10.5 Å². The van der Waals surface area contributed by atoms with Crippen LogP contribution in [-0.2, 0) is 22.3 Å². The molecule has 28 heavy (non-hydrogen) atoms. The quantitative estimate of drug-likeness (QED) is 0.557. The number of carbonyl (C=O) groups is 1. The van der Waals surface area contributed by atoms with E-state index in [4.69, 9.17) is 5.14 Å². The van der Waals surface area contributed by atoms with Crippen LogP contribution in [0.3, 0.4) is 0 Å². The van der Waals surface area contributed by atoms with E-state index in [2.05, 4.69) is 10.3 Å². The molecule has 2 aromatic carbocycles. The van der Waals surface area contributed by atoms with E-state index in [0.29, 0.717) is 12.1 Å². The van der Waals surface area contributed by atoms with Crippen LogP contribution in [0.2, 0.25) is 0 Å². The molecule has 0 fully saturated rings. The first kappa shape index (κ1) is 20.5. The van der Waals surface area contributed by atoms with Gasteiger partial charge in [0, 0.05) is 28.9 Å². The Morgan fingerprint density at radius 1 is 1.11 bits per heavy atom. The molecule has 0 unspecified atom stereocenters. The molecule has 0 aliphatic carbocycles. The minimum absolute atomic E-state index is 0.0453. The van der Waals surface area contributed by atoms with Gasteiger partial charge in [-0.2, -0.15) is 0 Å². The van der Waals surface area contributed by atoms with Crippen LogP contribution >= 0.6 is 23.1 Å². The second-order valence-electron chi connectivity index (χ2n) is 6.11. The lowest BCUT2D eigenvalue weighted by molar-refractivity contribution is 0.0951. The van der Waals surface area contributed by atoms with Gasteiger partial charge in [-0.05, 0) is 42.3 Å². The molecule has 0 saturated heterocycles. The summed E-state index contributed by atoms with van der Waals surface area (Å²) >= 11 is 3.30. The monoisotopic (exact) mass is 433 g/mol. The maximum atomic E-state index is 12.3. The summed E-state index contributed by atoms with van der Waals surface area (Å²) in [6.45, 7) is 2.27. The summed E-state index contributed by atoms with van der Waals surface area (Å²) < 4.78 is 23.5. The van der Waals surface area contributed by atoms with Crippen molar-refractivity contribution in [3.05, 3.63) is 76.3 Å². The summed E-state index contributed by atoms with van der Waals surface area (Å²) in [6.07, 6.45) is 0. The molecule has 1 amide bonds. The molecule has 1 heterocycles. The van der Waals surface area contributed by atoms with Crippen molar-refractivity contribution in [3.63, 3.8) is 0 Å². The lowest BCUT2D eigenvalue weighted by Crippen LogP contribution is -2.22. The summed E-state index contributed by atoms with van der Waals surface area (Å²) in [5.74, 6) is 0.607. The number of hydrogen-bond donors (Lipinski definition) is 2. The average Bonchev–Trinajstić information content (AvgIpc) is 3.10. The largest absolute Gasteiger partial charge is 0.348 e. The predicted octanol–water partition coefficient (Wildman–Crippen LogP) is 3.32. The van der Waals surface area contributed by atoms with Crippen LogP contribution in [0.25, 0.3) is 0 Å². The molecule has 0 aliphatic rings. The standard InChI is InChI=1S/C19H19N3O3S3/c1-13-11-26-19(22-13)27-12-15-2-6-16(7-3-15)18(23)21-10-14-4-8-17(9-5-14)28(20,24)25/h2-9,11H,10,12H2,1H3,(H,21,23)(H2,20,24,25). The van der Waals surface area contributed by atoms with Crippen molar-refractivity contribution in [1.82, 2.24) is 10.3 Å². The van der Waals surface area contributed by atoms with Gasteiger partial charge in [-0.15, -0.1) is 11.3 Å². The van der Waals surface area contributed by atoms with E-state index in [1.165, 1.54) is 12.1 Å². The van der Waals surface area contributed by atoms with Gasteiger partial charge < -0.3 is 5.32 Å². The molecule has 3 aromatic rings. The highest BCUT2D eigenvalue weighted by Gasteiger charge is 2.09.